The minimum atomic E-state index is -1.82. The molecule has 2 amide bonds. The molecule has 1 N–H and O–H groups in total. The summed E-state index contributed by atoms with van der Waals surface area (Å²) in [6, 6.07) is 3.89. The highest BCUT2D eigenvalue weighted by molar-refractivity contribution is 6.44. The van der Waals surface area contributed by atoms with Crippen LogP contribution in [0.25, 0.3) is 0 Å². The Morgan fingerprint density at radius 2 is 1.64 bits per heavy atom. The first kappa shape index (κ1) is 19.5. The van der Waals surface area contributed by atoms with Crippen LogP contribution in [0.3, 0.4) is 0 Å². The van der Waals surface area contributed by atoms with Crippen molar-refractivity contribution < 1.29 is 31.5 Å². The molecular formula is C18H12F5N3O2. The molecular weight excluding hydrogens is 385 g/mol. The molecule has 0 saturated carbocycles. The fraction of sp³-hybridized carbons (Fsp3) is 0.167. The van der Waals surface area contributed by atoms with Crippen LogP contribution in [0.1, 0.15) is 18.4 Å². The summed E-state index contributed by atoms with van der Waals surface area (Å²) >= 11 is 0. The van der Waals surface area contributed by atoms with Crippen molar-refractivity contribution in [2.45, 2.75) is 19.8 Å². The highest BCUT2D eigenvalue weighted by Gasteiger charge is 2.32. The van der Waals surface area contributed by atoms with Gasteiger partial charge in [-0.3, -0.25) is 9.59 Å². The Morgan fingerprint density at radius 3 is 2.25 bits per heavy atom. The first-order valence-corrected chi connectivity index (χ1v) is 8.00. The van der Waals surface area contributed by atoms with Crippen molar-refractivity contribution in [3.05, 3.63) is 58.9 Å². The smallest absolute Gasteiger partial charge is 0.271 e. The number of hydrazone groups is 1. The van der Waals surface area contributed by atoms with Crippen LogP contribution in [0.4, 0.5) is 33.3 Å². The topological polar surface area (TPSA) is 61.8 Å². The SMILES string of the molecule is Cc1ccc(NC(=O)C2=NN(c3c(F)c(F)cc(F)c3F)C(=O)CC2)cc1F. The monoisotopic (exact) mass is 397 g/mol. The van der Waals surface area contributed by atoms with E-state index in [1.54, 1.807) is 0 Å². The summed E-state index contributed by atoms with van der Waals surface area (Å²) in [6.07, 6.45) is -0.567. The maximum atomic E-state index is 14.0. The van der Waals surface area contributed by atoms with Crippen molar-refractivity contribution >= 4 is 28.9 Å². The molecule has 0 bridgehead atoms. The van der Waals surface area contributed by atoms with Gasteiger partial charge >= 0.3 is 0 Å². The number of benzene rings is 2. The Morgan fingerprint density at radius 1 is 1.00 bits per heavy atom. The van der Waals surface area contributed by atoms with E-state index in [0.717, 1.165) is 6.07 Å². The summed E-state index contributed by atoms with van der Waals surface area (Å²) in [5, 5.41) is 6.01. The average molecular weight is 397 g/mol. The van der Waals surface area contributed by atoms with Crippen molar-refractivity contribution in [2.75, 3.05) is 10.3 Å². The van der Waals surface area contributed by atoms with Gasteiger partial charge in [0.15, 0.2) is 23.3 Å². The molecule has 0 saturated heterocycles. The number of rotatable bonds is 3. The number of halogens is 5. The van der Waals surface area contributed by atoms with Crippen molar-refractivity contribution in [1.82, 2.24) is 0 Å². The summed E-state index contributed by atoms with van der Waals surface area (Å²) in [4.78, 5) is 24.3. The van der Waals surface area contributed by atoms with Crippen LogP contribution in [0.5, 0.6) is 0 Å². The lowest BCUT2D eigenvalue weighted by Gasteiger charge is -2.24. The molecule has 0 aliphatic carbocycles. The number of nitrogens with zero attached hydrogens (tertiary/aromatic N) is 2. The molecule has 5 nitrogen and oxygen atoms in total. The minimum absolute atomic E-state index is 0.00807. The third-order valence-electron chi connectivity index (χ3n) is 4.02. The molecule has 1 aliphatic rings. The van der Waals surface area contributed by atoms with Crippen LogP contribution >= 0.6 is 0 Å². The van der Waals surface area contributed by atoms with Crippen LogP contribution in [-0.4, -0.2) is 17.5 Å². The van der Waals surface area contributed by atoms with Crippen LogP contribution in [-0.2, 0) is 9.59 Å². The largest absolute Gasteiger partial charge is 0.321 e. The number of carbonyl (C=O) groups excluding carboxylic acids is 2. The van der Waals surface area contributed by atoms with Crippen LogP contribution in [0.15, 0.2) is 29.4 Å². The van der Waals surface area contributed by atoms with E-state index in [-0.39, 0.29) is 35.3 Å². The predicted molar refractivity (Wildman–Crippen MR) is 90.2 cm³/mol. The first-order chi connectivity index (χ1) is 13.2. The summed E-state index contributed by atoms with van der Waals surface area (Å²) in [5.74, 6) is -9.47. The van der Waals surface area contributed by atoms with Gasteiger partial charge in [0.25, 0.3) is 5.91 Å². The molecule has 10 heteroatoms. The molecule has 1 aliphatic heterocycles. The highest BCUT2D eigenvalue weighted by atomic mass is 19.2. The van der Waals surface area contributed by atoms with Crippen molar-refractivity contribution in [1.29, 1.82) is 0 Å². The zero-order chi connectivity index (χ0) is 20.6. The number of anilines is 2. The van der Waals surface area contributed by atoms with Gasteiger partial charge in [0, 0.05) is 24.6 Å². The Hall–Kier alpha value is -3.30. The maximum absolute atomic E-state index is 14.0. The summed E-state index contributed by atoms with van der Waals surface area (Å²) < 4.78 is 68.4. The van der Waals surface area contributed by atoms with Crippen molar-refractivity contribution in [3.63, 3.8) is 0 Å². The van der Waals surface area contributed by atoms with Gasteiger partial charge in [-0.25, -0.2) is 22.0 Å². The molecule has 146 valence electrons. The molecule has 0 spiro atoms. The average Bonchev–Trinajstić information content (AvgIpc) is 2.64. The molecule has 0 atom stereocenters. The minimum Gasteiger partial charge on any atom is -0.321 e. The van der Waals surface area contributed by atoms with Gasteiger partial charge < -0.3 is 5.32 Å². The van der Waals surface area contributed by atoms with E-state index in [4.69, 9.17) is 0 Å². The maximum Gasteiger partial charge on any atom is 0.271 e. The fourth-order valence-electron chi connectivity index (χ4n) is 2.51. The standard InChI is InChI=1S/C18H12F5N3O2/c1-8-2-3-9(6-10(8)19)24-18(28)13-4-5-14(27)26(25-13)17-15(22)11(20)7-12(21)16(17)23/h2-3,6-7H,4-5H2,1H3,(H,24,28). The quantitative estimate of drug-likeness (QED) is 0.633. The first-order valence-electron chi connectivity index (χ1n) is 8.00. The van der Waals surface area contributed by atoms with Crippen molar-refractivity contribution in [3.8, 4) is 0 Å². The third kappa shape index (κ3) is 3.57. The van der Waals surface area contributed by atoms with Crippen molar-refractivity contribution in [2.24, 2.45) is 5.10 Å². The molecule has 28 heavy (non-hydrogen) atoms. The Balaban J connectivity index is 1.95. The van der Waals surface area contributed by atoms with Gasteiger partial charge in [0.05, 0.1) is 0 Å². The second kappa shape index (κ2) is 7.37. The summed E-state index contributed by atoms with van der Waals surface area (Å²) in [6.45, 7) is 1.52. The number of aryl methyl sites for hydroxylation is 1. The van der Waals surface area contributed by atoms with E-state index in [1.165, 1.54) is 19.1 Å². The fourth-order valence-corrected chi connectivity index (χ4v) is 2.51. The molecule has 3 rings (SSSR count). The van der Waals surface area contributed by atoms with E-state index in [9.17, 15) is 31.5 Å². The number of nitrogens with one attached hydrogen (secondary N) is 1. The molecule has 0 fully saturated rings. The number of hydrogen-bond donors (Lipinski definition) is 1. The van der Waals surface area contributed by atoms with E-state index in [2.05, 4.69) is 10.4 Å². The number of hydrogen-bond acceptors (Lipinski definition) is 3. The molecule has 2 aromatic carbocycles. The van der Waals surface area contributed by atoms with E-state index >= 15 is 0 Å². The van der Waals surface area contributed by atoms with E-state index in [0.29, 0.717) is 5.56 Å². The van der Waals surface area contributed by atoms with Gasteiger partial charge in [-0.15, -0.1) is 0 Å². The Kier molecular flexibility index (Phi) is 5.12. The normalized spacial score (nSPS) is 14.1. The zero-order valence-electron chi connectivity index (χ0n) is 14.3. The lowest BCUT2D eigenvalue weighted by molar-refractivity contribution is -0.118. The van der Waals surface area contributed by atoms with Gasteiger partial charge in [-0.2, -0.15) is 10.1 Å². The second-order valence-electron chi connectivity index (χ2n) is 5.99. The lowest BCUT2D eigenvalue weighted by Crippen LogP contribution is -2.37. The summed E-state index contributed by atoms with van der Waals surface area (Å²) in [5.41, 5.74) is -1.24. The molecule has 0 aromatic heterocycles. The molecule has 1 heterocycles. The van der Waals surface area contributed by atoms with Gasteiger partial charge in [0.1, 0.15) is 17.2 Å². The number of amides is 2. The van der Waals surface area contributed by atoms with Gasteiger partial charge in [0.2, 0.25) is 5.91 Å². The van der Waals surface area contributed by atoms with Crippen LogP contribution in [0, 0.1) is 36.0 Å². The second-order valence-corrected chi connectivity index (χ2v) is 5.99. The van der Waals surface area contributed by atoms with Gasteiger partial charge in [-0.05, 0) is 24.6 Å². The molecule has 0 radical (unpaired) electrons. The lowest BCUT2D eigenvalue weighted by atomic mass is 10.1. The zero-order valence-corrected chi connectivity index (χ0v) is 14.3. The van der Waals surface area contributed by atoms with E-state index in [1.807, 2.05) is 0 Å². The number of carbonyl (C=O) groups is 2. The highest BCUT2D eigenvalue weighted by Crippen LogP contribution is 2.30. The third-order valence-corrected chi connectivity index (χ3v) is 4.02. The summed E-state index contributed by atoms with van der Waals surface area (Å²) in [7, 11) is 0. The van der Waals surface area contributed by atoms with E-state index < -0.39 is 46.6 Å². The Bertz CT molecular complexity index is 997. The Labute approximate surface area is 155 Å². The molecule has 2 aromatic rings. The van der Waals surface area contributed by atoms with Crippen LogP contribution in [0.2, 0.25) is 0 Å². The molecule has 0 unspecified atom stereocenters. The van der Waals surface area contributed by atoms with Gasteiger partial charge in [-0.1, -0.05) is 6.07 Å². The van der Waals surface area contributed by atoms with Crippen LogP contribution < -0.4 is 10.3 Å². The predicted octanol–water partition coefficient (Wildman–Crippen LogP) is 3.81.